The number of nitrogens with two attached hydrogens (primary N) is 1. The van der Waals surface area contributed by atoms with Crippen LogP contribution in [0.2, 0.25) is 5.02 Å². The van der Waals surface area contributed by atoms with Crippen LogP contribution in [0.3, 0.4) is 0 Å². The largest absolute Gasteiger partial charge is 0.384 e. The summed E-state index contributed by atoms with van der Waals surface area (Å²) in [6.45, 7) is 0.727. The number of amides is 1. The number of aromatic nitrogens is 3. The fourth-order valence-electron chi connectivity index (χ4n) is 3.24. The van der Waals surface area contributed by atoms with E-state index in [-0.39, 0.29) is 11.9 Å². The highest BCUT2D eigenvalue weighted by Crippen LogP contribution is 2.34. The first-order valence-corrected chi connectivity index (χ1v) is 8.17. The molecule has 3 aromatic rings. The molecule has 1 atom stereocenters. The number of H-pyrrole nitrogens is 1. The molecular weight excluding hydrogens is 326 g/mol. The molecular formula is C17H16ClN5O. The van der Waals surface area contributed by atoms with Crippen molar-refractivity contribution in [3.05, 3.63) is 52.7 Å². The third-order valence-corrected chi connectivity index (χ3v) is 4.71. The number of likely N-dealkylation sites (tertiary alicyclic amines) is 1. The fraction of sp³-hybridized carbons (Fsp3) is 0.235. The van der Waals surface area contributed by atoms with E-state index >= 15 is 0 Å². The minimum absolute atomic E-state index is 0.0394. The van der Waals surface area contributed by atoms with Crippen LogP contribution in [0.15, 0.2) is 36.5 Å². The predicted molar refractivity (Wildman–Crippen MR) is 92.8 cm³/mol. The van der Waals surface area contributed by atoms with Gasteiger partial charge < -0.3 is 10.6 Å². The maximum atomic E-state index is 13.0. The fourth-order valence-corrected chi connectivity index (χ4v) is 3.37. The van der Waals surface area contributed by atoms with Gasteiger partial charge >= 0.3 is 0 Å². The molecule has 7 heteroatoms. The zero-order valence-electron chi connectivity index (χ0n) is 12.9. The number of benzene rings is 1. The molecule has 1 aromatic carbocycles. The van der Waals surface area contributed by atoms with Crippen molar-refractivity contribution in [3.8, 4) is 0 Å². The Bertz CT molecular complexity index is 905. The number of aromatic amines is 1. The lowest BCUT2D eigenvalue weighted by molar-refractivity contribution is 0.0735. The Balaban J connectivity index is 1.66. The van der Waals surface area contributed by atoms with Gasteiger partial charge in [-0.3, -0.25) is 9.89 Å². The quantitative estimate of drug-likeness (QED) is 0.749. The van der Waals surface area contributed by atoms with Gasteiger partial charge in [0.15, 0.2) is 5.65 Å². The number of carbonyl (C=O) groups is 1. The van der Waals surface area contributed by atoms with Crippen LogP contribution in [0.1, 0.15) is 34.8 Å². The van der Waals surface area contributed by atoms with E-state index in [1.165, 1.54) is 0 Å². The van der Waals surface area contributed by atoms with Gasteiger partial charge in [-0.05, 0) is 36.6 Å². The molecule has 1 aliphatic heterocycles. The van der Waals surface area contributed by atoms with Crippen molar-refractivity contribution < 1.29 is 4.79 Å². The van der Waals surface area contributed by atoms with Crippen LogP contribution in [-0.4, -0.2) is 32.5 Å². The maximum absolute atomic E-state index is 13.0. The summed E-state index contributed by atoms with van der Waals surface area (Å²) in [7, 11) is 0. The van der Waals surface area contributed by atoms with E-state index in [0.717, 1.165) is 24.9 Å². The third-order valence-electron chi connectivity index (χ3n) is 4.45. The molecule has 1 fully saturated rings. The van der Waals surface area contributed by atoms with E-state index in [1.54, 1.807) is 12.3 Å². The zero-order valence-corrected chi connectivity index (χ0v) is 13.6. The lowest BCUT2D eigenvalue weighted by Gasteiger charge is -2.25. The summed E-state index contributed by atoms with van der Waals surface area (Å²) >= 11 is 5.96. The van der Waals surface area contributed by atoms with Crippen molar-refractivity contribution in [2.75, 3.05) is 12.3 Å². The average Bonchev–Trinajstić information content (AvgIpc) is 3.22. The van der Waals surface area contributed by atoms with Crippen molar-refractivity contribution >= 4 is 34.4 Å². The lowest BCUT2D eigenvalue weighted by atomic mass is 10.0. The third kappa shape index (κ3) is 2.49. The van der Waals surface area contributed by atoms with Gasteiger partial charge in [-0.25, -0.2) is 4.98 Å². The number of nitrogens with one attached hydrogen (secondary N) is 1. The van der Waals surface area contributed by atoms with Crippen LogP contribution in [0.5, 0.6) is 0 Å². The summed E-state index contributed by atoms with van der Waals surface area (Å²) in [5.74, 6) is 0.380. The summed E-state index contributed by atoms with van der Waals surface area (Å²) in [6.07, 6.45) is 3.47. The normalized spacial score (nSPS) is 17.5. The first-order valence-electron chi connectivity index (χ1n) is 7.79. The standard InChI is InChI=1S/C17H16ClN5O/c18-12-5-3-10(4-6-12)14-2-1-7-23(14)17(24)11-8-13-15(19)21-22-16(13)20-9-11/h3-6,8-9,14H,1-2,7H2,(H3,19,20,21,22). The summed E-state index contributed by atoms with van der Waals surface area (Å²) in [4.78, 5) is 19.1. The molecule has 24 heavy (non-hydrogen) atoms. The lowest BCUT2D eigenvalue weighted by Crippen LogP contribution is -2.30. The molecule has 0 radical (unpaired) electrons. The topological polar surface area (TPSA) is 87.9 Å². The number of fused-ring (bicyclic) bond motifs is 1. The number of pyridine rings is 1. The number of halogens is 1. The van der Waals surface area contributed by atoms with E-state index in [4.69, 9.17) is 17.3 Å². The summed E-state index contributed by atoms with van der Waals surface area (Å²) < 4.78 is 0. The molecule has 2 aromatic heterocycles. The molecule has 1 amide bonds. The molecule has 1 unspecified atom stereocenters. The summed E-state index contributed by atoms with van der Waals surface area (Å²) in [6, 6.07) is 9.49. The van der Waals surface area contributed by atoms with Crippen molar-refractivity contribution in [2.45, 2.75) is 18.9 Å². The van der Waals surface area contributed by atoms with Gasteiger partial charge in [0.2, 0.25) is 0 Å². The minimum Gasteiger partial charge on any atom is -0.384 e. The van der Waals surface area contributed by atoms with Gasteiger partial charge in [0.05, 0.1) is 17.0 Å². The Kier molecular flexibility index (Phi) is 3.61. The Labute approximate surface area is 143 Å². The van der Waals surface area contributed by atoms with Gasteiger partial charge in [0.1, 0.15) is 5.82 Å². The molecule has 3 N–H and O–H groups in total. The monoisotopic (exact) mass is 341 g/mol. The number of nitrogens with zero attached hydrogens (tertiary/aromatic N) is 3. The molecule has 0 saturated carbocycles. The second-order valence-electron chi connectivity index (χ2n) is 5.94. The summed E-state index contributed by atoms with van der Waals surface area (Å²) in [5.41, 5.74) is 7.97. The number of anilines is 1. The van der Waals surface area contributed by atoms with Crippen LogP contribution in [0.4, 0.5) is 5.82 Å². The zero-order chi connectivity index (χ0) is 16.7. The number of hydrogen-bond donors (Lipinski definition) is 2. The Morgan fingerprint density at radius 2 is 2.12 bits per heavy atom. The Morgan fingerprint density at radius 1 is 1.33 bits per heavy atom. The van der Waals surface area contributed by atoms with E-state index in [1.807, 2.05) is 29.2 Å². The van der Waals surface area contributed by atoms with Crippen LogP contribution >= 0.6 is 11.6 Å². The van der Waals surface area contributed by atoms with Crippen molar-refractivity contribution in [2.24, 2.45) is 0 Å². The van der Waals surface area contributed by atoms with Crippen molar-refractivity contribution in [1.82, 2.24) is 20.1 Å². The molecule has 0 aliphatic carbocycles. The molecule has 3 heterocycles. The van der Waals surface area contributed by atoms with Gasteiger partial charge in [-0.1, -0.05) is 23.7 Å². The maximum Gasteiger partial charge on any atom is 0.255 e. The summed E-state index contributed by atoms with van der Waals surface area (Å²) in [5, 5.41) is 8.03. The van der Waals surface area contributed by atoms with Crippen LogP contribution in [0.25, 0.3) is 11.0 Å². The highest BCUT2D eigenvalue weighted by Gasteiger charge is 2.31. The van der Waals surface area contributed by atoms with E-state index in [0.29, 0.717) is 27.4 Å². The van der Waals surface area contributed by atoms with Crippen LogP contribution in [-0.2, 0) is 0 Å². The van der Waals surface area contributed by atoms with Gasteiger partial charge in [0, 0.05) is 17.8 Å². The van der Waals surface area contributed by atoms with Gasteiger partial charge in [0.25, 0.3) is 5.91 Å². The van der Waals surface area contributed by atoms with Gasteiger partial charge in [-0.2, -0.15) is 5.10 Å². The number of nitrogen functional groups attached to an aromatic ring is 1. The molecule has 1 saturated heterocycles. The molecule has 6 nitrogen and oxygen atoms in total. The second kappa shape index (κ2) is 5.79. The SMILES string of the molecule is Nc1[nH]nc2ncc(C(=O)N3CCCC3c3ccc(Cl)cc3)cc12. The van der Waals surface area contributed by atoms with Crippen LogP contribution < -0.4 is 5.73 Å². The van der Waals surface area contributed by atoms with E-state index in [2.05, 4.69) is 15.2 Å². The average molecular weight is 342 g/mol. The van der Waals surface area contributed by atoms with E-state index in [9.17, 15) is 4.79 Å². The number of carbonyl (C=O) groups excluding carboxylic acids is 1. The van der Waals surface area contributed by atoms with Gasteiger partial charge in [-0.15, -0.1) is 0 Å². The Morgan fingerprint density at radius 3 is 2.92 bits per heavy atom. The molecule has 0 bridgehead atoms. The molecule has 122 valence electrons. The number of rotatable bonds is 2. The molecule has 0 spiro atoms. The smallest absolute Gasteiger partial charge is 0.255 e. The van der Waals surface area contributed by atoms with Crippen molar-refractivity contribution in [1.29, 1.82) is 0 Å². The highest BCUT2D eigenvalue weighted by atomic mass is 35.5. The number of hydrogen-bond acceptors (Lipinski definition) is 4. The van der Waals surface area contributed by atoms with Crippen molar-refractivity contribution in [3.63, 3.8) is 0 Å². The highest BCUT2D eigenvalue weighted by molar-refractivity contribution is 6.30. The first kappa shape index (κ1) is 15.0. The minimum atomic E-state index is -0.0394. The van der Waals surface area contributed by atoms with E-state index < -0.39 is 0 Å². The second-order valence-corrected chi connectivity index (χ2v) is 6.38. The first-order chi connectivity index (χ1) is 11.6. The van der Waals surface area contributed by atoms with Crippen LogP contribution in [0, 0.1) is 0 Å². The molecule has 4 rings (SSSR count). The Hall–Kier alpha value is -2.60. The predicted octanol–water partition coefficient (Wildman–Crippen LogP) is 3.17. The molecule has 1 aliphatic rings.